The molecule has 2 heterocycles. The zero-order valence-electron chi connectivity index (χ0n) is 25.3. The smallest absolute Gasteiger partial charge is 0.415 e. The second-order valence-corrected chi connectivity index (χ2v) is 11.2. The number of aromatic nitrogens is 1. The van der Waals surface area contributed by atoms with E-state index in [2.05, 4.69) is 0 Å². The fourth-order valence-corrected chi connectivity index (χ4v) is 5.69. The molecule has 0 radical (unpaired) electrons. The van der Waals surface area contributed by atoms with Gasteiger partial charge in [0.1, 0.15) is 17.2 Å². The molecular formula is C34H39N3O6. The van der Waals surface area contributed by atoms with Gasteiger partial charge in [0.2, 0.25) is 0 Å². The average Bonchev–Trinajstić information content (AvgIpc) is 3.32. The lowest BCUT2D eigenvalue weighted by Gasteiger charge is -2.34. The van der Waals surface area contributed by atoms with Crippen LogP contribution in [0.4, 0.5) is 4.79 Å². The van der Waals surface area contributed by atoms with E-state index in [1.54, 1.807) is 43.3 Å². The maximum atomic E-state index is 14.5. The van der Waals surface area contributed by atoms with Gasteiger partial charge in [-0.05, 0) is 48.4 Å². The number of benzene rings is 3. The van der Waals surface area contributed by atoms with Crippen LogP contribution in [0, 0.1) is 5.92 Å². The molecule has 0 saturated carbocycles. The number of methoxy groups -OCH3 is 1. The third-order valence-corrected chi connectivity index (χ3v) is 8.26. The van der Waals surface area contributed by atoms with Crippen LogP contribution in [-0.4, -0.2) is 77.5 Å². The summed E-state index contributed by atoms with van der Waals surface area (Å²) in [4.78, 5) is 30.7. The van der Waals surface area contributed by atoms with Gasteiger partial charge in [0.15, 0.2) is 0 Å². The van der Waals surface area contributed by atoms with Crippen LogP contribution in [0.3, 0.4) is 0 Å². The highest BCUT2D eigenvalue weighted by molar-refractivity contribution is 6.10. The summed E-state index contributed by atoms with van der Waals surface area (Å²) in [6, 6.07) is 22.3. The Morgan fingerprint density at radius 3 is 2.47 bits per heavy atom. The highest BCUT2D eigenvalue weighted by Crippen LogP contribution is 2.38. The number of carbonyl (C=O) groups excluding carboxylic acids is 2. The van der Waals surface area contributed by atoms with E-state index in [1.165, 1.54) is 4.90 Å². The third-order valence-electron chi connectivity index (χ3n) is 8.26. The molecule has 226 valence electrons. The van der Waals surface area contributed by atoms with Crippen molar-refractivity contribution in [3.05, 3.63) is 84.1 Å². The van der Waals surface area contributed by atoms with Gasteiger partial charge in [-0.2, -0.15) is 0 Å². The zero-order valence-corrected chi connectivity index (χ0v) is 25.3. The van der Waals surface area contributed by atoms with Gasteiger partial charge >= 0.3 is 6.09 Å². The molecule has 4 aromatic rings. The number of amides is 2. The van der Waals surface area contributed by atoms with Gasteiger partial charge in [-0.3, -0.25) is 4.79 Å². The molecule has 1 aromatic heterocycles. The second-order valence-electron chi connectivity index (χ2n) is 11.2. The minimum absolute atomic E-state index is 0.162. The van der Waals surface area contributed by atoms with E-state index in [9.17, 15) is 14.7 Å². The number of likely N-dealkylation sites (N-methyl/N-ethyl adjacent to an activating group) is 1. The average molecular weight is 586 g/mol. The molecule has 2 amide bonds. The minimum Gasteiger partial charge on any atom is -0.497 e. The van der Waals surface area contributed by atoms with Gasteiger partial charge in [0.25, 0.3) is 5.91 Å². The number of aryl methyl sites for hydroxylation is 1. The monoisotopic (exact) mass is 585 g/mol. The number of fused-ring (bicyclic) bond motifs is 5. The molecule has 0 aliphatic carbocycles. The number of carbonyl (C=O) groups is 2. The molecule has 5 rings (SSSR count). The summed E-state index contributed by atoms with van der Waals surface area (Å²) in [5.41, 5.74) is 4.23. The van der Waals surface area contributed by atoms with Gasteiger partial charge in [0, 0.05) is 43.0 Å². The van der Waals surface area contributed by atoms with E-state index in [1.807, 2.05) is 74.0 Å². The molecular weight excluding hydrogens is 546 g/mol. The van der Waals surface area contributed by atoms with Crippen molar-refractivity contribution in [2.24, 2.45) is 13.0 Å². The van der Waals surface area contributed by atoms with Crippen molar-refractivity contribution in [1.29, 1.82) is 0 Å². The Labute approximate surface area is 252 Å². The maximum Gasteiger partial charge on any atom is 0.415 e. The van der Waals surface area contributed by atoms with Gasteiger partial charge in [-0.25, -0.2) is 4.79 Å². The Morgan fingerprint density at radius 1 is 1.07 bits per heavy atom. The van der Waals surface area contributed by atoms with Crippen molar-refractivity contribution in [3.8, 4) is 22.6 Å². The van der Waals surface area contributed by atoms with E-state index >= 15 is 0 Å². The van der Waals surface area contributed by atoms with Crippen molar-refractivity contribution in [2.75, 3.05) is 33.9 Å². The van der Waals surface area contributed by atoms with Crippen LogP contribution in [0.25, 0.3) is 22.0 Å². The Hall–Kier alpha value is -4.34. The molecule has 9 heteroatoms. The number of para-hydroxylation sites is 1. The summed E-state index contributed by atoms with van der Waals surface area (Å²) in [7, 11) is 5.16. The Balaban J connectivity index is 1.51. The SMILES string of the molecule is COc1ccc(OC(=O)N(C)C[C@H]2OCc3ccccc3-c3c(n(C)c4ccccc34)C(=O)N([C@@H](C)CO)C[C@@H]2C)cc1. The first-order chi connectivity index (χ1) is 20.7. The summed E-state index contributed by atoms with van der Waals surface area (Å²) in [6.07, 6.45) is -0.952. The Bertz CT molecular complexity index is 1600. The lowest BCUT2D eigenvalue weighted by atomic mass is 9.96. The number of aliphatic hydroxyl groups excluding tert-OH is 1. The fourth-order valence-electron chi connectivity index (χ4n) is 5.69. The molecule has 3 aromatic carbocycles. The van der Waals surface area contributed by atoms with Crippen LogP contribution in [-0.2, 0) is 18.4 Å². The first kappa shape index (κ1) is 30.1. The van der Waals surface area contributed by atoms with Crippen molar-refractivity contribution in [3.63, 3.8) is 0 Å². The minimum atomic E-state index is -0.522. The Kier molecular flexibility index (Phi) is 9.03. The largest absolute Gasteiger partial charge is 0.497 e. The van der Waals surface area contributed by atoms with Crippen LogP contribution < -0.4 is 9.47 Å². The van der Waals surface area contributed by atoms with E-state index in [4.69, 9.17) is 14.2 Å². The number of hydrogen-bond donors (Lipinski definition) is 1. The van der Waals surface area contributed by atoms with Gasteiger partial charge in [-0.15, -0.1) is 0 Å². The first-order valence-corrected chi connectivity index (χ1v) is 14.5. The standard InChI is InChI=1S/C34H39N3O6/c1-22-18-37(23(2)20-38)33(39)32-31(28-12-8-9-13-29(28)36(32)4)27-11-7-6-10-24(27)21-42-30(22)19-35(3)34(40)43-26-16-14-25(41-5)15-17-26/h6-17,22-23,30,38H,18-21H2,1-5H3/t22-,23-,30+/m0/s1. The van der Waals surface area contributed by atoms with Crippen LogP contribution in [0.1, 0.15) is 29.9 Å². The van der Waals surface area contributed by atoms with E-state index < -0.39 is 18.2 Å². The lowest BCUT2D eigenvalue weighted by molar-refractivity contribution is -0.0206. The first-order valence-electron chi connectivity index (χ1n) is 14.5. The molecule has 0 saturated heterocycles. The highest BCUT2D eigenvalue weighted by Gasteiger charge is 2.34. The predicted octanol–water partition coefficient (Wildman–Crippen LogP) is 5.34. The lowest BCUT2D eigenvalue weighted by Crippen LogP contribution is -2.48. The van der Waals surface area contributed by atoms with Gasteiger partial charge in [0.05, 0.1) is 39.0 Å². The normalized spacial score (nSPS) is 17.9. The molecule has 43 heavy (non-hydrogen) atoms. The topological polar surface area (TPSA) is 93.5 Å². The molecule has 9 nitrogen and oxygen atoms in total. The van der Waals surface area contributed by atoms with E-state index in [-0.39, 0.29) is 25.0 Å². The van der Waals surface area contributed by atoms with Crippen molar-refractivity contribution in [2.45, 2.75) is 32.6 Å². The number of hydrogen-bond acceptors (Lipinski definition) is 6. The number of nitrogens with zero attached hydrogens (tertiary/aromatic N) is 3. The highest BCUT2D eigenvalue weighted by atomic mass is 16.6. The Morgan fingerprint density at radius 2 is 1.74 bits per heavy atom. The molecule has 1 N–H and O–H groups in total. The van der Waals surface area contributed by atoms with Crippen molar-refractivity contribution in [1.82, 2.24) is 14.4 Å². The summed E-state index contributed by atoms with van der Waals surface area (Å²) in [5, 5.41) is 11.2. The summed E-state index contributed by atoms with van der Waals surface area (Å²) >= 11 is 0. The van der Waals surface area contributed by atoms with Gasteiger partial charge in [-0.1, -0.05) is 49.4 Å². The molecule has 1 aliphatic rings. The molecule has 1 aliphatic heterocycles. The summed E-state index contributed by atoms with van der Waals surface area (Å²) in [5.74, 6) is 0.725. The van der Waals surface area contributed by atoms with E-state index in [0.717, 1.165) is 27.6 Å². The zero-order chi connectivity index (χ0) is 30.7. The maximum absolute atomic E-state index is 14.5. The van der Waals surface area contributed by atoms with Crippen LogP contribution in [0.5, 0.6) is 11.5 Å². The van der Waals surface area contributed by atoms with Crippen LogP contribution in [0.2, 0.25) is 0 Å². The third kappa shape index (κ3) is 6.09. The van der Waals surface area contributed by atoms with Gasteiger partial charge < -0.3 is 33.7 Å². The summed E-state index contributed by atoms with van der Waals surface area (Å²) < 4.78 is 19.3. The van der Waals surface area contributed by atoms with Crippen LogP contribution >= 0.6 is 0 Å². The van der Waals surface area contributed by atoms with Crippen LogP contribution in [0.15, 0.2) is 72.8 Å². The quantitative estimate of drug-likeness (QED) is 0.328. The molecule has 3 atom stereocenters. The number of aliphatic hydroxyl groups is 1. The van der Waals surface area contributed by atoms with Crippen molar-refractivity contribution >= 4 is 22.9 Å². The number of rotatable bonds is 6. The molecule has 0 bridgehead atoms. The molecule has 0 fully saturated rings. The van der Waals surface area contributed by atoms with E-state index in [0.29, 0.717) is 30.3 Å². The number of ether oxygens (including phenoxy) is 3. The fraction of sp³-hybridized carbons (Fsp3) is 0.353. The predicted molar refractivity (Wildman–Crippen MR) is 165 cm³/mol. The summed E-state index contributed by atoms with van der Waals surface area (Å²) in [6.45, 7) is 4.51. The second kappa shape index (κ2) is 12.9. The van der Waals surface area contributed by atoms with Crippen molar-refractivity contribution < 1.29 is 28.9 Å². The molecule has 0 spiro atoms. The molecule has 0 unspecified atom stereocenters.